The molecule has 2 atom stereocenters. The Hall–Kier alpha value is -1.26. The Labute approximate surface area is 105 Å². The molecule has 0 radical (unpaired) electrons. The number of aliphatic hydroxyl groups excluding tert-OH is 1. The molecule has 0 aromatic heterocycles. The van der Waals surface area contributed by atoms with Crippen LogP contribution in [0.15, 0.2) is 18.2 Å². The number of halogens is 1. The van der Waals surface area contributed by atoms with Crippen LogP contribution in [0, 0.1) is 5.92 Å². The summed E-state index contributed by atoms with van der Waals surface area (Å²) in [7, 11) is 0. The molecule has 0 saturated heterocycles. The van der Waals surface area contributed by atoms with Gasteiger partial charge in [0.1, 0.15) is 5.75 Å². The highest BCUT2D eigenvalue weighted by Gasteiger charge is 2.13. The summed E-state index contributed by atoms with van der Waals surface area (Å²) < 4.78 is 5.46. The molecule has 1 rings (SSSR count). The molecule has 94 valence electrons. The summed E-state index contributed by atoms with van der Waals surface area (Å²) in [5.74, 6) is -0.289. The van der Waals surface area contributed by atoms with Crippen molar-refractivity contribution in [3.63, 3.8) is 0 Å². The molecule has 4 nitrogen and oxygen atoms in total. The van der Waals surface area contributed by atoms with E-state index in [2.05, 4.69) is 0 Å². The second kappa shape index (κ2) is 5.89. The van der Waals surface area contributed by atoms with Crippen molar-refractivity contribution in [2.45, 2.75) is 20.0 Å². The van der Waals surface area contributed by atoms with Crippen LogP contribution >= 0.6 is 11.6 Å². The topological polar surface area (TPSA) is 72.6 Å². The van der Waals surface area contributed by atoms with Gasteiger partial charge in [0.2, 0.25) is 5.91 Å². The zero-order valence-corrected chi connectivity index (χ0v) is 10.6. The Morgan fingerprint density at radius 3 is 2.71 bits per heavy atom. The van der Waals surface area contributed by atoms with E-state index in [4.69, 9.17) is 22.1 Å². The first-order valence-corrected chi connectivity index (χ1v) is 5.69. The first-order chi connectivity index (χ1) is 7.91. The molecule has 1 unspecified atom stereocenters. The number of aliphatic hydroxyl groups is 1. The number of primary amides is 1. The van der Waals surface area contributed by atoms with Gasteiger partial charge in [0.15, 0.2) is 0 Å². The van der Waals surface area contributed by atoms with E-state index in [0.717, 1.165) is 0 Å². The lowest BCUT2D eigenvalue weighted by Gasteiger charge is -2.15. The predicted octanol–water partition coefficient (Wildman–Crippen LogP) is 1.89. The quantitative estimate of drug-likeness (QED) is 0.846. The van der Waals surface area contributed by atoms with E-state index < -0.39 is 12.0 Å². The molecular weight excluding hydrogens is 242 g/mol. The number of amides is 1. The maximum atomic E-state index is 10.9. The third kappa shape index (κ3) is 3.91. The summed E-state index contributed by atoms with van der Waals surface area (Å²) >= 11 is 5.83. The lowest BCUT2D eigenvalue weighted by Crippen LogP contribution is -2.26. The van der Waals surface area contributed by atoms with Gasteiger partial charge in [-0.15, -0.1) is 0 Å². The molecule has 0 bridgehead atoms. The monoisotopic (exact) mass is 257 g/mol. The van der Waals surface area contributed by atoms with Gasteiger partial charge in [0.25, 0.3) is 0 Å². The average molecular weight is 258 g/mol. The van der Waals surface area contributed by atoms with E-state index >= 15 is 0 Å². The fourth-order valence-electron chi connectivity index (χ4n) is 1.27. The zero-order chi connectivity index (χ0) is 13.0. The Morgan fingerprint density at radius 1 is 1.53 bits per heavy atom. The summed E-state index contributed by atoms with van der Waals surface area (Å²) in [6.07, 6.45) is -0.687. The van der Waals surface area contributed by atoms with Crippen LogP contribution in [0.2, 0.25) is 5.02 Å². The minimum Gasteiger partial charge on any atom is -0.492 e. The third-order valence-corrected chi connectivity index (χ3v) is 2.63. The Kier molecular flexibility index (Phi) is 4.78. The van der Waals surface area contributed by atoms with Gasteiger partial charge in [0, 0.05) is 10.6 Å². The van der Waals surface area contributed by atoms with Crippen LogP contribution in [0.1, 0.15) is 25.5 Å². The van der Waals surface area contributed by atoms with E-state index in [1.165, 1.54) is 0 Å². The molecule has 0 fully saturated rings. The number of nitrogens with two attached hydrogens (primary N) is 1. The molecule has 1 amide bonds. The van der Waals surface area contributed by atoms with Crippen LogP contribution in [-0.4, -0.2) is 17.6 Å². The smallest absolute Gasteiger partial charge is 0.223 e. The summed E-state index contributed by atoms with van der Waals surface area (Å²) in [5.41, 5.74) is 5.72. The van der Waals surface area contributed by atoms with E-state index in [1.807, 2.05) is 0 Å². The van der Waals surface area contributed by atoms with Crippen molar-refractivity contribution in [1.82, 2.24) is 0 Å². The molecule has 0 aliphatic rings. The van der Waals surface area contributed by atoms with Gasteiger partial charge in [-0.1, -0.05) is 18.5 Å². The molecule has 0 spiro atoms. The molecule has 1 aromatic rings. The number of ether oxygens (including phenoxy) is 1. The Morgan fingerprint density at radius 2 is 2.18 bits per heavy atom. The normalized spacial score (nSPS) is 14.1. The minimum atomic E-state index is -0.687. The van der Waals surface area contributed by atoms with Crippen LogP contribution in [0.4, 0.5) is 0 Å². The molecule has 0 aliphatic carbocycles. The molecule has 0 saturated carbocycles. The number of rotatable bonds is 5. The molecule has 5 heteroatoms. The van der Waals surface area contributed by atoms with Gasteiger partial charge in [-0.2, -0.15) is 0 Å². The predicted molar refractivity (Wildman–Crippen MR) is 65.9 cm³/mol. The van der Waals surface area contributed by atoms with Gasteiger partial charge in [-0.3, -0.25) is 4.79 Å². The van der Waals surface area contributed by atoms with Gasteiger partial charge < -0.3 is 15.6 Å². The highest BCUT2D eigenvalue weighted by atomic mass is 35.5. The maximum Gasteiger partial charge on any atom is 0.223 e. The van der Waals surface area contributed by atoms with Crippen molar-refractivity contribution in [1.29, 1.82) is 0 Å². The summed E-state index contributed by atoms with van der Waals surface area (Å²) in [4.78, 5) is 10.9. The van der Waals surface area contributed by atoms with Crippen molar-refractivity contribution < 1.29 is 14.6 Å². The Bertz CT molecular complexity index is 407. The number of hydrogen-bond donors (Lipinski definition) is 2. The van der Waals surface area contributed by atoms with Crippen LogP contribution < -0.4 is 10.5 Å². The van der Waals surface area contributed by atoms with E-state index in [1.54, 1.807) is 32.0 Å². The summed E-state index contributed by atoms with van der Waals surface area (Å²) in [5, 5.41) is 10.1. The first-order valence-electron chi connectivity index (χ1n) is 5.31. The highest BCUT2D eigenvalue weighted by molar-refractivity contribution is 6.30. The van der Waals surface area contributed by atoms with Gasteiger partial charge >= 0.3 is 0 Å². The fourth-order valence-corrected chi connectivity index (χ4v) is 1.45. The largest absolute Gasteiger partial charge is 0.492 e. The number of carbonyl (C=O) groups is 1. The van der Waals surface area contributed by atoms with Crippen LogP contribution in [0.25, 0.3) is 0 Å². The number of benzene rings is 1. The van der Waals surface area contributed by atoms with E-state index in [-0.39, 0.29) is 12.5 Å². The third-order valence-electron chi connectivity index (χ3n) is 2.40. The Balaban J connectivity index is 2.80. The van der Waals surface area contributed by atoms with E-state index in [9.17, 15) is 9.90 Å². The highest BCUT2D eigenvalue weighted by Crippen LogP contribution is 2.28. The maximum absolute atomic E-state index is 10.9. The number of carbonyl (C=O) groups excluding carboxylic acids is 1. The van der Waals surface area contributed by atoms with Gasteiger partial charge in [0.05, 0.1) is 18.6 Å². The van der Waals surface area contributed by atoms with Crippen LogP contribution in [0.5, 0.6) is 5.75 Å². The standard InChI is InChI=1S/C12H16ClNO3/c1-7(12(14)16)6-17-11-4-3-9(13)5-10(11)8(2)15/h3-5,7-8,15H,6H2,1-2H3,(H2,14,16)/t7?,8-/m1/s1. The van der Waals surface area contributed by atoms with Crippen molar-refractivity contribution in [3.05, 3.63) is 28.8 Å². The lowest BCUT2D eigenvalue weighted by molar-refractivity contribution is -0.122. The van der Waals surface area contributed by atoms with Crippen molar-refractivity contribution >= 4 is 17.5 Å². The van der Waals surface area contributed by atoms with Crippen molar-refractivity contribution in [3.8, 4) is 5.75 Å². The minimum absolute atomic E-state index is 0.177. The number of hydrogen-bond acceptors (Lipinski definition) is 3. The average Bonchev–Trinajstić information content (AvgIpc) is 2.26. The summed E-state index contributed by atoms with van der Waals surface area (Å²) in [6, 6.07) is 4.96. The molecule has 3 N–H and O–H groups in total. The van der Waals surface area contributed by atoms with Crippen LogP contribution in [0.3, 0.4) is 0 Å². The van der Waals surface area contributed by atoms with E-state index in [0.29, 0.717) is 16.3 Å². The molecule has 17 heavy (non-hydrogen) atoms. The van der Waals surface area contributed by atoms with Gasteiger partial charge in [-0.25, -0.2) is 0 Å². The molecular formula is C12H16ClNO3. The summed E-state index contributed by atoms with van der Waals surface area (Å²) in [6.45, 7) is 3.48. The molecule has 0 heterocycles. The SMILES string of the molecule is CC(COc1ccc(Cl)cc1[C@@H](C)O)C(N)=O. The lowest BCUT2D eigenvalue weighted by atomic mass is 10.1. The van der Waals surface area contributed by atoms with Crippen molar-refractivity contribution in [2.24, 2.45) is 11.7 Å². The first kappa shape index (κ1) is 13.8. The zero-order valence-electron chi connectivity index (χ0n) is 9.81. The van der Waals surface area contributed by atoms with Crippen molar-refractivity contribution in [2.75, 3.05) is 6.61 Å². The molecule has 1 aromatic carbocycles. The second-order valence-corrected chi connectivity index (χ2v) is 4.41. The van der Waals surface area contributed by atoms with Crippen LogP contribution in [-0.2, 0) is 4.79 Å². The fraction of sp³-hybridized carbons (Fsp3) is 0.417. The second-order valence-electron chi connectivity index (χ2n) is 3.97. The van der Waals surface area contributed by atoms with Gasteiger partial charge in [-0.05, 0) is 25.1 Å². The molecule has 0 aliphatic heterocycles.